The minimum atomic E-state index is -0.716. The zero-order valence-electron chi connectivity index (χ0n) is 24.5. The number of aromatic hydroxyl groups is 2. The maximum Gasteiger partial charge on any atom is 0.234 e. The number of benzene rings is 2. The van der Waals surface area contributed by atoms with Crippen LogP contribution in [0.2, 0.25) is 0 Å². The number of nitrogens with zero attached hydrogens (tertiary/aromatic N) is 2. The van der Waals surface area contributed by atoms with E-state index in [0.717, 1.165) is 16.7 Å². The van der Waals surface area contributed by atoms with Crippen LogP contribution in [0.5, 0.6) is 11.5 Å². The highest BCUT2D eigenvalue weighted by atomic mass is 16.4. The zero-order valence-corrected chi connectivity index (χ0v) is 24.5. The van der Waals surface area contributed by atoms with E-state index in [1.807, 2.05) is 6.08 Å². The largest absolute Gasteiger partial charge is 0.508 e. The van der Waals surface area contributed by atoms with Crippen molar-refractivity contribution in [3.8, 4) is 11.5 Å². The van der Waals surface area contributed by atoms with Crippen molar-refractivity contribution in [2.45, 2.75) is 38.2 Å². The fourth-order valence-electron chi connectivity index (χ4n) is 7.93. The second-order valence-corrected chi connectivity index (χ2v) is 12.5. The zero-order chi connectivity index (χ0) is 31.4. The van der Waals surface area contributed by atoms with E-state index in [1.54, 1.807) is 60.7 Å². The molecule has 6 unspecified atom stereocenters. The molecule has 1 aromatic heterocycles. The van der Waals surface area contributed by atoms with E-state index in [1.165, 1.54) is 9.80 Å². The van der Waals surface area contributed by atoms with Crippen LogP contribution in [0.15, 0.2) is 76.7 Å². The number of fused-ring (bicyclic) bond motifs is 4. The summed E-state index contributed by atoms with van der Waals surface area (Å²) in [5, 5.41) is 28.9. The van der Waals surface area contributed by atoms with Gasteiger partial charge in [-0.3, -0.25) is 29.0 Å². The van der Waals surface area contributed by atoms with Crippen LogP contribution < -0.4 is 0 Å². The maximum absolute atomic E-state index is 14.0. The van der Waals surface area contributed by atoms with Gasteiger partial charge in [-0.1, -0.05) is 35.9 Å². The Labute approximate surface area is 259 Å². The van der Waals surface area contributed by atoms with Gasteiger partial charge in [-0.2, -0.15) is 0 Å². The molecule has 2 aliphatic carbocycles. The highest BCUT2D eigenvalue weighted by Crippen LogP contribution is 2.58. The predicted molar refractivity (Wildman–Crippen MR) is 159 cm³/mol. The Bertz CT molecular complexity index is 1690. The van der Waals surface area contributed by atoms with E-state index in [-0.39, 0.29) is 61.2 Å². The van der Waals surface area contributed by atoms with Crippen LogP contribution in [-0.2, 0) is 38.6 Å². The standard InChI is InChI=1S/C35H34N2O8/c38-18-23-9-12-28(45-23)30-24-10-11-25-29(34(43)36(32(25)41)15-13-19-1-5-21(39)6-2-19)26(24)17-27-31(30)35(44)37(33(27)42)16-14-20-3-7-22(40)8-4-20/h1-10,12,25-27,29-31,38-40H,11,13-18H2. The fourth-order valence-corrected chi connectivity index (χ4v) is 7.93. The number of carbonyl (C=O) groups is 4. The molecule has 4 amide bonds. The van der Waals surface area contributed by atoms with Gasteiger partial charge in [0.2, 0.25) is 23.6 Å². The summed E-state index contributed by atoms with van der Waals surface area (Å²) in [6.45, 7) is 0.0799. The van der Waals surface area contributed by atoms with Crippen molar-refractivity contribution in [3.05, 3.63) is 95.0 Å². The molecule has 3 N–H and O–H groups in total. The first-order valence-electron chi connectivity index (χ1n) is 15.4. The summed E-state index contributed by atoms with van der Waals surface area (Å²) < 4.78 is 5.99. The molecule has 45 heavy (non-hydrogen) atoms. The van der Waals surface area contributed by atoms with Crippen LogP contribution in [0.25, 0.3) is 0 Å². The number of hydrogen-bond acceptors (Lipinski definition) is 8. The Morgan fingerprint density at radius 3 is 1.78 bits per heavy atom. The third kappa shape index (κ3) is 4.93. The van der Waals surface area contributed by atoms with Crippen LogP contribution in [-0.4, -0.2) is 61.8 Å². The number of imide groups is 2. The summed E-state index contributed by atoms with van der Waals surface area (Å²) >= 11 is 0. The number of phenolic OH excluding ortho intramolecular Hbond substituents is 2. The van der Waals surface area contributed by atoms with E-state index in [9.17, 15) is 34.5 Å². The number of aliphatic hydroxyl groups excluding tert-OH is 1. The fraction of sp³-hybridized carbons (Fsp3) is 0.371. The number of aliphatic hydroxyl groups is 1. The van der Waals surface area contributed by atoms with Crippen molar-refractivity contribution >= 4 is 23.6 Å². The van der Waals surface area contributed by atoms with E-state index in [0.29, 0.717) is 30.8 Å². The summed E-state index contributed by atoms with van der Waals surface area (Å²) in [5.74, 6) is -3.56. The van der Waals surface area contributed by atoms with Crippen LogP contribution in [0, 0.1) is 29.6 Å². The lowest BCUT2D eigenvalue weighted by Gasteiger charge is -2.43. The van der Waals surface area contributed by atoms with Gasteiger partial charge >= 0.3 is 0 Å². The van der Waals surface area contributed by atoms with Crippen molar-refractivity contribution in [1.82, 2.24) is 9.80 Å². The minimum Gasteiger partial charge on any atom is -0.508 e. The second kappa shape index (κ2) is 11.3. The number of hydrogen-bond donors (Lipinski definition) is 3. The van der Waals surface area contributed by atoms with E-state index >= 15 is 0 Å². The summed E-state index contributed by atoms with van der Waals surface area (Å²) in [7, 11) is 0. The molecular formula is C35H34N2O8. The molecule has 3 fully saturated rings. The molecule has 3 aromatic rings. The SMILES string of the molecule is O=C1C2CC=C3C(CC4C(=O)N(CCc5ccc(O)cc5)C(=O)C4C3c3ccc(CO)o3)C2C(=O)N1CCc1ccc(O)cc1. The van der Waals surface area contributed by atoms with Gasteiger partial charge in [-0.15, -0.1) is 0 Å². The van der Waals surface area contributed by atoms with Crippen LogP contribution >= 0.6 is 0 Å². The van der Waals surface area contributed by atoms with Crippen molar-refractivity contribution in [1.29, 1.82) is 0 Å². The average molecular weight is 611 g/mol. The van der Waals surface area contributed by atoms with Crippen molar-refractivity contribution in [2.24, 2.45) is 29.6 Å². The molecule has 6 atom stereocenters. The van der Waals surface area contributed by atoms with Gasteiger partial charge in [-0.05, 0) is 79.1 Å². The lowest BCUT2D eigenvalue weighted by Crippen LogP contribution is -2.43. The molecule has 0 bridgehead atoms. The smallest absolute Gasteiger partial charge is 0.234 e. The minimum absolute atomic E-state index is 0.134. The third-order valence-electron chi connectivity index (χ3n) is 10.1. The number of phenols is 2. The summed E-state index contributed by atoms with van der Waals surface area (Å²) in [6.07, 6.45) is 3.49. The van der Waals surface area contributed by atoms with Gasteiger partial charge in [-0.25, -0.2) is 0 Å². The highest BCUT2D eigenvalue weighted by Gasteiger charge is 2.62. The maximum atomic E-state index is 14.0. The van der Waals surface area contributed by atoms with Gasteiger partial charge < -0.3 is 19.7 Å². The van der Waals surface area contributed by atoms with E-state index < -0.39 is 35.5 Å². The van der Waals surface area contributed by atoms with Gasteiger partial charge in [0.15, 0.2) is 0 Å². The van der Waals surface area contributed by atoms with Crippen molar-refractivity contribution in [2.75, 3.05) is 13.1 Å². The highest BCUT2D eigenvalue weighted by molar-refractivity contribution is 6.08. The molecule has 2 aromatic carbocycles. The Kier molecular flexibility index (Phi) is 7.32. The Hall–Kier alpha value is -4.70. The molecular weight excluding hydrogens is 576 g/mol. The molecule has 10 heteroatoms. The molecule has 7 rings (SSSR count). The van der Waals surface area contributed by atoms with Gasteiger partial charge in [0.05, 0.1) is 29.6 Å². The van der Waals surface area contributed by atoms with Gasteiger partial charge in [0.1, 0.15) is 29.6 Å². The number of carbonyl (C=O) groups excluding carboxylic acids is 4. The normalized spacial score (nSPS) is 27.4. The number of furan rings is 1. The van der Waals surface area contributed by atoms with E-state index in [2.05, 4.69) is 0 Å². The van der Waals surface area contributed by atoms with E-state index in [4.69, 9.17) is 4.42 Å². The lowest BCUT2D eigenvalue weighted by atomic mass is 9.58. The van der Waals surface area contributed by atoms with Crippen molar-refractivity contribution in [3.63, 3.8) is 0 Å². The van der Waals surface area contributed by atoms with Crippen LogP contribution in [0.4, 0.5) is 0 Å². The Morgan fingerprint density at radius 1 is 0.667 bits per heavy atom. The first-order valence-corrected chi connectivity index (χ1v) is 15.4. The van der Waals surface area contributed by atoms with Gasteiger partial charge in [0, 0.05) is 13.1 Å². The van der Waals surface area contributed by atoms with Crippen LogP contribution in [0.3, 0.4) is 0 Å². The molecule has 232 valence electrons. The monoisotopic (exact) mass is 610 g/mol. The molecule has 10 nitrogen and oxygen atoms in total. The summed E-state index contributed by atoms with van der Waals surface area (Å²) in [6, 6.07) is 16.7. The van der Waals surface area contributed by atoms with Crippen molar-refractivity contribution < 1.29 is 38.9 Å². The number of amides is 4. The average Bonchev–Trinajstić information content (AvgIpc) is 3.69. The molecule has 0 spiro atoms. The molecule has 2 saturated heterocycles. The Balaban J connectivity index is 1.18. The van der Waals surface area contributed by atoms with Gasteiger partial charge in [0.25, 0.3) is 0 Å². The number of allylic oxidation sites excluding steroid dienone is 2. The molecule has 0 radical (unpaired) electrons. The van der Waals surface area contributed by atoms with Crippen LogP contribution in [0.1, 0.15) is 41.4 Å². The molecule has 1 saturated carbocycles. The molecule has 3 heterocycles. The Morgan fingerprint density at radius 2 is 1.22 bits per heavy atom. The second-order valence-electron chi connectivity index (χ2n) is 12.5. The quantitative estimate of drug-likeness (QED) is 0.260. The lowest BCUT2D eigenvalue weighted by molar-refractivity contribution is -0.142. The number of rotatable bonds is 8. The molecule has 2 aliphatic heterocycles. The summed E-state index contributed by atoms with van der Waals surface area (Å²) in [5.41, 5.74) is 2.61. The topological polar surface area (TPSA) is 149 Å². The number of likely N-dealkylation sites (tertiary alicyclic amines) is 2. The predicted octanol–water partition coefficient (Wildman–Crippen LogP) is 3.30. The first-order chi connectivity index (χ1) is 21.7. The summed E-state index contributed by atoms with van der Waals surface area (Å²) in [4.78, 5) is 58.1. The third-order valence-corrected chi connectivity index (χ3v) is 10.1. The first kappa shape index (κ1) is 29.0. The molecule has 4 aliphatic rings.